The molecule has 0 radical (unpaired) electrons. The van der Waals surface area contributed by atoms with Crippen molar-refractivity contribution in [3.8, 4) is 0 Å². The Morgan fingerprint density at radius 2 is 2.09 bits per heavy atom. The molecule has 1 heterocycles. The van der Waals surface area contributed by atoms with Gasteiger partial charge in [-0.3, -0.25) is 0 Å². The van der Waals surface area contributed by atoms with Crippen LogP contribution in [0.3, 0.4) is 0 Å². The lowest BCUT2D eigenvalue weighted by atomic mass is 10.3. The van der Waals surface area contributed by atoms with Gasteiger partial charge < -0.3 is 19.7 Å². The average molecular weight is 183 g/mol. The highest BCUT2D eigenvalue weighted by Crippen LogP contribution is 2.33. The fourth-order valence-electron chi connectivity index (χ4n) is 0.954. The summed E-state index contributed by atoms with van der Waals surface area (Å²) in [4.78, 5) is 0. The van der Waals surface area contributed by atoms with Gasteiger partial charge in [-0.2, -0.15) is 0 Å². The molecule has 2 unspecified atom stereocenters. The predicted octanol–water partition coefficient (Wildman–Crippen LogP) is 0.0151. The second-order valence-electron chi connectivity index (χ2n) is 2.95. The second kappa shape index (κ2) is 2.57. The van der Waals surface area contributed by atoms with Gasteiger partial charge in [-0.15, -0.1) is 11.6 Å². The molecule has 11 heavy (non-hydrogen) atoms. The molecule has 0 amide bonds. The van der Waals surface area contributed by atoms with Crippen molar-refractivity contribution in [2.45, 2.75) is 31.7 Å². The highest BCUT2D eigenvalue weighted by Gasteiger charge is 2.51. The molecule has 0 saturated carbocycles. The van der Waals surface area contributed by atoms with Gasteiger partial charge >= 0.3 is 0 Å². The van der Waals surface area contributed by atoms with Crippen molar-refractivity contribution in [3.05, 3.63) is 0 Å². The molecule has 0 aromatic heterocycles. The van der Waals surface area contributed by atoms with E-state index in [4.69, 9.17) is 26.2 Å². The maximum atomic E-state index is 9.37. The molecule has 4 nitrogen and oxygen atoms in total. The van der Waals surface area contributed by atoms with Gasteiger partial charge in [0, 0.05) is 0 Å². The van der Waals surface area contributed by atoms with Gasteiger partial charge in [0.1, 0.15) is 0 Å². The summed E-state index contributed by atoms with van der Waals surface area (Å²) in [7, 11) is 0. The SMILES string of the molecule is CC1(C)OC(O)C(O)(CCl)O1. The third kappa shape index (κ3) is 1.65. The molecule has 1 aliphatic heterocycles. The van der Waals surface area contributed by atoms with E-state index in [9.17, 15) is 5.11 Å². The zero-order valence-electron chi connectivity index (χ0n) is 6.37. The number of aliphatic hydroxyl groups excluding tert-OH is 1. The first-order valence-corrected chi connectivity index (χ1v) is 3.77. The van der Waals surface area contributed by atoms with Crippen LogP contribution < -0.4 is 0 Å². The smallest absolute Gasteiger partial charge is 0.234 e. The van der Waals surface area contributed by atoms with Crippen LogP contribution in [-0.4, -0.2) is 34.0 Å². The van der Waals surface area contributed by atoms with Gasteiger partial charge in [0.15, 0.2) is 5.79 Å². The minimum absolute atomic E-state index is 0.225. The Kier molecular flexibility index (Phi) is 2.15. The average Bonchev–Trinajstić information content (AvgIpc) is 2.03. The first kappa shape index (κ1) is 9.22. The summed E-state index contributed by atoms with van der Waals surface area (Å²) in [5.41, 5.74) is 0. The van der Waals surface area contributed by atoms with Gasteiger partial charge in [-0.1, -0.05) is 0 Å². The monoisotopic (exact) mass is 182 g/mol. The van der Waals surface area contributed by atoms with Crippen molar-refractivity contribution in [1.82, 2.24) is 0 Å². The molecule has 0 aromatic rings. The zero-order valence-corrected chi connectivity index (χ0v) is 7.13. The van der Waals surface area contributed by atoms with Crippen LogP contribution in [0.1, 0.15) is 13.8 Å². The highest BCUT2D eigenvalue weighted by atomic mass is 35.5. The van der Waals surface area contributed by atoms with Gasteiger partial charge in [0.05, 0.1) is 5.88 Å². The highest BCUT2D eigenvalue weighted by molar-refractivity contribution is 6.18. The van der Waals surface area contributed by atoms with E-state index in [0.717, 1.165) is 0 Å². The van der Waals surface area contributed by atoms with E-state index in [1.807, 2.05) is 0 Å². The second-order valence-corrected chi connectivity index (χ2v) is 3.22. The number of ether oxygens (including phenoxy) is 2. The van der Waals surface area contributed by atoms with Crippen molar-refractivity contribution < 1.29 is 19.7 Å². The fraction of sp³-hybridized carbons (Fsp3) is 1.00. The predicted molar refractivity (Wildman–Crippen MR) is 37.9 cm³/mol. The molecule has 2 N–H and O–H groups in total. The number of hydrogen-bond acceptors (Lipinski definition) is 4. The Bertz CT molecular complexity index is 161. The molecule has 0 bridgehead atoms. The minimum Gasteiger partial charge on any atom is -0.364 e. The van der Waals surface area contributed by atoms with Crippen LogP contribution in [0.5, 0.6) is 0 Å². The molecule has 1 fully saturated rings. The van der Waals surface area contributed by atoms with E-state index >= 15 is 0 Å². The summed E-state index contributed by atoms with van der Waals surface area (Å²) < 4.78 is 9.80. The zero-order chi connectivity index (χ0) is 8.70. The Morgan fingerprint density at radius 3 is 2.27 bits per heavy atom. The van der Waals surface area contributed by atoms with Crippen LogP contribution in [0, 0.1) is 0 Å². The van der Waals surface area contributed by atoms with Crippen LogP contribution in [0.4, 0.5) is 0 Å². The number of alkyl halides is 1. The molecule has 0 aliphatic carbocycles. The van der Waals surface area contributed by atoms with E-state index in [0.29, 0.717) is 0 Å². The first-order chi connectivity index (χ1) is 4.90. The van der Waals surface area contributed by atoms with Crippen molar-refractivity contribution >= 4 is 11.6 Å². The lowest BCUT2D eigenvalue weighted by Gasteiger charge is -2.21. The van der Waals surface area contributed by atoms with Crippen molar-refractivity contribution in [3.63, 3.8) is 0 Å². The Balaban J connectivity index is 2.73. The first-order valence-electron chi connectivity index (χ1n) is 3.24. The molecule has 1 rings (SSSR count). The Labute approximate surface area is 69.7 Å². The maximum Gasteiger partial charge on any atom is 0.234 e. The normalized spacial score (nSPS) is 42.8. The van der Waals surface area contributed by atoms with Crippen LogP contribution in [0.15, 0.2) is 0 Å². The van der Waals surface area contributed by atoms with Crippen molar-refractivity contribution in [1.29, 1.82) is 0 Å². The molecular weight excluding hydrogens is 172 g/mol. The number of hydrogen-bond donors (Lipinski definition) is 2. The largest absolute Gasteiger partial charge is 0.364 e. The van der Waals surface area contributed by atoms with Crippen molar-refractivity contribution in [2.75, 3.05) is 5.88 Å². The van der Waals surface area contributed by atoms with Gasteiger partial charge in [0.25, 0.3) is 0 Å². The molecule has 2 atom stereocenters. The number of rotatable bonds is 1. The van der Waals surface area contributed by atoms with E-state index < -0.39 is 17.9 Å². The third-order valence-corrected chi connectivity index (χ3v) is 1.78. The maximum absolute atomic E-state index is 9.37. The molecular formula is C6H11ClO4. The number of aliphatic hydroxyl groups is 2. The third-order valence-electron chi connectivity index (χ3n) is 1.40. The van der Waals surface area contributed by atoms with Gasteiger partial charge in [-0.25, -0.2) is 0 Å². The standard InChI is InChI=1S/C6H11ClO4/c1-5(2)10-4(8)6(9,3-7)11-5/h4,8-9H,3H2,1-2H3. The summed E-state index contributed by atoms with van der Waals surface area (Å²) in [6.07, 6.45) is -1.38. The van der Waals surface area contributed by atoms with Crippen LogP contribution >= 0.6 is 11.6 Å². The van der Waals surface area contributed by atoms with Crippen LogP contribution in [0.25, 0.3) is 0 Å². The van der Waals surface area contributed by atoms with Crippen molar-refractivity contribution in [2.24, 2.45) is 0 Å². The van der Waals surface area contributed by atoms with E-state index in [1.165, 1.54) is 0 Å². The summed E-state index contributed by atoms with van der Waals surface area (Å²) in [5.74, 6) is -2.98. The van der Waals surface area contributed by atoms with Crippen LogP contribution in [-0.2, 0) is 9.47 Å². The summed E-state index contributed by atoms with van der Waals surface area (Å²) in [6, 6.07) is 0. The summed E-state index contributed by atoms with van der Waals surface area (Å²) >= 11 is 5.36. The molecule has 0 aromatic carbocycles. The molecule has 0 spiro atoms. The number of halogens is 1. The summed E-state index contributed by atoms with van der Waals surface area (Å²) in [5, 5.41) is 18.5. The van der Waals surface area contributed by atoms with E-state index in [-0.39, 0.29) is 5.88 Å². The Morgan fingerprint density at radius 1 is 1.55 bits per heavy atom. The minimum atomic E-state index is -1.77. The lowest BCUT2D eigenvalue weighted by molar-refractivity contribution is -0.228. The topological polar surface area (TPSA) is 58.9 Å². The molecule has 1 saturated heterocycles. The Hall–Kier alpha value is 0.130. The van der Waals surface area contributed by atoms with E-state index in [2.05, 4.69) is 0 Å². The quantitative estimate of drug-likeness (QED) is 0.562. The molecule has 1 aliphatic rings. The summed E-state index contributed by atoms with van der Waals surface area (Å²) in [6.45, 7) is 3.17. The lowest BCUT2D eigenvalue weighted by Crippen LogP contribution is -2.41. The molecule has 5 heteroatoms. The molecule has 66 valence electrons. The van der Waals surface area contributed by atoms with Gasteiger partial charge in [0.2, 0.25) is 12.1 Å². The van der Waals surface area contributed by atoms with Crippen LogP contribution in [0.2, 0.25) is 0 Å². The fourth-order valence-corrected chi connectivity index (χ4v) is 1.14. The van der Waals surface area contributed by atoms with Gasteiger partial charge in [-0.05, 0) is 13.8 Å². The van der Waals surface area contributed by atoms with E-state index in [1.54, 1.807) is 13.8 Å².